The van der Waals surface area contributed by atoms with Crippen LogP contribution in [0.4, 0.5) is 0 Å². The lowest BCUT2D eigenvalue weighted by atomic mass is 10.1. The molecule has 6 heteroatoms. The second-order valence-electron chi connectivity index (χ2n) is 5.83. The number of hydrogen-bond acceptors (Lipinski definition) is 4. The fraction of sp³-hybridized carbons (Fsp3) is 0.733. The Morgan fingerprint density at radius 1 is 1.33 bits per heavy atom. The molecule has 0 amide bonds. The molecule has 1 aromatic heterocycles. The van der Waals surface area contributed by atoms with Crippen molar-refractivity contribution in [2.24, 2.45) is 5.92 Å². The van der Waals surface area contributed by atoms with Crippen LogP contribution in [0.3, 0.4) is 0 Å². The van der Waals surface area contributed by atoms with Gasteiger partial charge in [-0.25, -0.2) is 8.42 Å². The summed E-state index contributed by atoms with van der Waals surface area (Å²) in [6.07, 6.45) is 5.89. The van der Waals surface area contributed by atoms with E-state index in [0.717, 1.165) is 37.2 Å². The quantitative estimate of drug-likeness (QED) is 0.745. The van der Waals surface area contributed by atoms with Crippen molar-refractivity contribution in [3.05, 3.63) is 17.0 Å². The van der Waals surface area contributed by atoms with Crippen molar-refractivity contribution in [3.63, 3.8) is 0 Å². The predicted molar refractivity (Wildman–Crippen MR) is 88.1 cm³/mol. The van der Waals surface area contributed by atoms with Crippen molar-refractivity contribution in [1.29, 1.82) is 0 Å². The first-order valence-electron chi connectivity index (χ1n) is 7.79. The lowest BCUT2D eigenvalue weighted by Gasteiger charge is -2.19. The summed E-state index contributed by atoms with van der Waals surface area (Å²) in [6, 6.07) is 3.66. The fourth-order valence-electron chi connectivity index (χ4n) is 2.79. The topological polar surface area (TPSA) is 49.4 Å². The van der Waals surface area contributed by atoms with Crippen molar-refractivity contribution in [1.82, 2.24) is 9.62 Å². The average molecular weight is 331 g/mol. The van der Waals surface area contributed by atoms with E-state index in [1.807, 2.05) is 6.07 Å². The maximum Gasteiger partial charge on any atom is 0.252 e. The first-order valence-corrected chi connectivity index (χ1v) is 10.1. The van der Waals surface area contributed by atoms with E-state index in [0.29, 0.717) is 16.7 Å². The number of hydrogen-bond donors (Lipinski definition) is 1. The second kappa shape index (κ2) is 7.72. The first-order chi connectivity index (χ1) is 10.0. The standard InChI is InChI=1S/C15H26N2O2S2/c1-3-10-16-11-14-8-9-15(20-14)21(18,19)17(2)12-13-6-4-5-7-13/h8-9,13,16H,3-7,10-12H2,1-2H3. The minimum Gasteiger partial charge on any atom is -0.312 e. The third-order valence-electron chi connectivity index (χ3n) is 4.02. The molecule has 21 heavy (non-hydrogen) atoms. The van der Waals surface area contributed by atoms with Gasteiger partial charge in [-0.15, -0.1) is 11.3 Å². The lowest BCUT2D eigenvalue weighted by molar-refractivity contribution is 0.388. The lowest BCUT2D eigenvalue weighted by Crippen LogP contribution is -2.30. The van der Waals surface area contributed by atoms with Gasteiger partial charge in [0.25, 0.3) is 10.0 Å². The third-order valence-corrected chi connectivity index (χ3v) is 7.39. The molecular formula is C15H26N2O2S2. The summed E-state index contributed by atoms with van der Waals surface area (Å²) in [5.41, 5.74) is 0. The average Bonchev–Trinajstić information content (AvgIpc) is 3.10. The zero-order valence-electron chi connectivity index (χ0n) is 13.0. The minimum absolute atomic E-state index is 0.469. The van der Waals surface area contributed by atoms with Gasteiger partial charge in [-0.1, -0.05) is 19.8 Å². The molecule has 0 aromatic carbocycles. The molecule has 2 rings (SSSR count). The van der Waals surface area contributed by atoms with Gasteiger partial charge in [0.05, 0.1) is 0 Å². The molecule has 1 fully saturated rings. The predicted octanol–water partition coefficient (Wildman–Crippen LogP) is 3.06. The Labute approximate surface area is 132 Å². The molecule has 0 atom stereocenters. The molecule has 0 aliphatic heterocycles. The second-order valence-corrected chi connectivity index (χ2v) is 9.27. The van der Waals surface area contributed by atoms with Crippen molar-refractivity contribution in [2.75, 3.05) is 20.1 Å². The monoisotopic (exact) mass is 330 g/mol. The number of nitrogens with zero attached hydrogens (tertiary/aromatic N) is 1. The third kappa shape index (κ3) is 4.52. The summed E-state index contributed by atoms with van der Waals surface area (Å²) in [7, 11) is -1.60. The van der Waals surface area contributed by atoms with Crippen LogP contribution in [0.25, 0.3) is 0 Å². The van der Waals surface area contributed by atoms with E-state index in [9.17, 15) is 8.42 Å². The van der Waals surface area contributed by atoms with Gasteiger partial charge in [0.15, 0.2) is 0 Å². The van der Waals surface area contributed by atoms with Crippen LogP contribution >= 0.6 is 11.3 Å². The van der Waals surface area contributed by atoms with E-state index in [4.69, 9.17) is 0 Å². The molecule has 0 saturated heterocycles. The van der Waals surface area contributed by atoms with E-state index in [1.165, 1.54) is 28.5 Å². The summed E-state index contributed by atoms with van der Waals surface area (Å²) in [6.45, 7) is 4.49. The molecular weight excluding hydrogens is 304 g/mol. The largest absolute Gasteiger partial charge is 0.312 e. The molecule has 0 spiro atoms. The molecule has 120 valence electrons. The molecule has 1 N–H and O–H groups in total. The Hall–Kier alpha value is -0.430. The zero-order valence-corrected chi connectivity index (χ0v) is 14.6. The Balaban J connectivity index is 1.97. The molecule has 4 nitrogen and oxygen atoms in total. The maximum atomic E-state index is 12.6. The van der Waals surface area contributed by atoms with Gasteiger partial charge < -0.3 is 5.32 Å². The van der Waals surface area contributed by atoms with Gasteiger partial charge in [0.2, 0.25) is 0 Å². The highest BCUT2D eigenvalue weighted by atomic mass is 32.2. The van der Waals surface area contributed by atoms with E-state index in [-0.39, 0.29) is 0 Å². The zero-order chi connectivity index (χ0) is 15.3. The Morgan fingerprint density at radius 3 is 2.71 bits per heavy atom. The van der Waals surface area contributed by atoms with E-state index >= 15 is 0 Å². The van der Waals surface area contributed by atoms with Crippen molar-refractivity contribution in [3.8, 4) is 0 Å². The number of nitrogens with one attached hydrogen (secondary N) is 1. The van der Waals surface area contributed by atoms with Crippen molar-refractivity contribution < 1.29 is 8.42 Å². The van der Waals surface area contributed by atoms with Gasteiger partial charge in [-0.2, -0.15) is 4.31 Å². The van der Waals surface area contributed by atoms with Crippen LogP contribution in [0.15, 0.2) is 16.3 Å². The summed E-state index contributed by atoms with van der Waals surface area (Å²) >= 11 is 1.38. The van der Waals surface area contributed by atoms with Gasteiger partial charge in [-0.05, 0) is 43.9 Å². The van der Waals surface area contributed by atoms with Gasteiger partial charge in [0.1, 0.15) is 4.21 Å². The Bertz CT molecular complexity index is 534. The highest BCUT2D eigenvalue weighted by Crippen LogP contribution is 2.29. The minimum atomic E-state index is -3.31. The maximum absolute atomic E-state index is 12.6. The number of thiophene rings is 1. The van der Waals surface area contributed by atoms with Crippen LogP contribution < -0.4 is 5.32 Å². The summed E-state index contributed by atoms with van der Waals surface area (Å²) < 4.78 is 27.2. The van der Waals surface area contributed by atoms with Gasteiger partial charge in [-0.3, -0.25) is 0 Å². The highest BCUT2D eigenvalue weighted by molar-refractivity contribution is 7.91. The number of rotatable bonds is 8. The molecule has 1 aliphatic rings. The van der Waals surface area contributed by atoms with Crippen LogP contribution in [0.1, 0.15) is 43.9 Å². The van der Waals surface area contributed by atoms with Crippen LogP contribution in [-0.4, -0.2) is 32.9 Å². The Morgan fingerprint density at radius 2 is 2.05 bits per heavy atom. The smallest absolute Gasteiger partial charge is 0.252 e. The summed E-state index contributed by atoms with van der Waals surface area (Å²) in [5, 5.41) is 3.31. The van der Waals surface area contributed by atoms with Crippen LogP contribution in [0.5, 0.6) is 0 Å². The molecule has 1 aliphatic carbocycles. The van der Waals surface area contributed by atoms with Crippen molar-refractivity contribution in [2.45, 2.75) is 49.8 Å². The molecule has 0 radical (unpaired) electrons. The normalized spacial score (nSPS) is 16.9. The Kier molecular flexibility index (Phi) is 6.22. The van der Waals surface area contributed by atoms with E-state index in [1.54, 1.807) is 13.1 Å². The van der Waals surface area contributed by atoms with Crippen LogP contribution in [-0.2, 0) is 16.6 Å². The van der Waals surface area contributed by atoms with Crippen LogP contribution in [0.2, 0.25) is 0 Å². The molecule has 0 unspecified atom stereocenters. The summed E-state index contributed by atoms with van der Waals surface area (Å²) in [5.74, 6) is 0.537. The molecule has 1 aromatic rings. The van der Waals surface area contributed by atoms with Crippen molar-refractivity contribution >= 4 is 21.4 Å². The van der Waals surface area contributed by atoms with Gasteiger partial charge >= 0.3 is 0 Å². The van der Waals surface area contributed by atoms with Gasteiger partial charge in [0, 0.05) is 25.0 Å². The molecule has 0 bridgehead atoms. The van der Waals surface area contributed by atoms with E-state index in [2.05, 4.69) is 12.2 Å². The number of sulfonamides is 1. The molecule has 1 saturated carbocycles. The summed E-state index contributed by atoms with van der Waals surface area (Å²) in [4.78, 5) is 1.08. The molecule has 1 heterocycles. The SMILES string of the molecule is CCCNCc1ccc(S(=O)(=O)N(C)CC2CCCC2)s1. The van der Waals surface area contributed by atoms with E-state index < -0.39 is 10.0 Å². The highest BCUT2D eigenvalue weighted by Gasteiger charge is 2.26. The first kappa shape index (κ1) is 16.9. The fourth-order valence-corrected chi connectivity index (χ4v) is 5.57. The van der Waals surface area contributed by atoms with Crippen LogP contribution in [0, 0.1) is 5.92 Å².